The Kier molecular flexibility index (Phi) is 11.3. The highest BCUT2D eigenvalue weighted by Gasteiger charge is 2.51. The van der Waals surface area contributed by atoms with Gasteiger partial charge in [-0.1, -0.05) is 38.1 Å². The molecule has 2 aromatic carbocycles. The number of hydrogen-bond acceptors (Lipinski definition) is 10. The molecule has 8 N–H and O–H groups in total. The Morgan fingerprint density at radius 1 is 0.595 bits per heavy atom. The molecule has 2 aromatic rings. The normalized spacial score (nSPS) is 15.9. The van der Waals surface area contributed by atoms with E-state index >= 15 is 0 Å². The van der Waals surface area contributed by atoms with Crippen LogP contribution in [0.15, 0.2) is 48.5 Å². The number of aromatic hydroxyl groups is 2. The molecule has 0 aliphatic carbocycles. The fraction of sp³-hybridized carbons (Fsp3) is 0.467. The molecule has 0 radical (unpaired) electrons. The predicted molar refractivity (Wildman–Crippen MR) is 154 cm³/mol. The Bertz CT molecular complexity index is 1160. The molecule has 0 fully saturated rings. The fourth-order valence-corrected chi connectivity index (χ4v) is 3.68. The minimum Gasteiger partial charge on any atom is -0.508 e. The largest absolute Gasteiger partial charge is 0.508 e. The van der Waals surface area contributed by atoms with Crippen LogP contribution in [0.4, 0.5) is 0 Å². The van der Waals surface area contributed by atoms with E-state index in [4.69, 9.17) is 20.9 Å². The number of carbonyl (C=O) groups is 4. The summed E-state index contributed by atoms with van der Waals surface area (Å²) in [5.74, 6) is -6.49. The lowest BCUT2D eigenvalue weighted by Crippen LogP contribution is -2.60. The van der Waals surface area contributed by atoms with Gasteiger partial charge in [-0.25, -0.2) is 19.2 Å². The molecule has 0 aliphatic heterocycles. The SMILES string of the molecule is C[C@@H](c1ccc(O)cc1)[C@](N)(C(=O)O)C(=O)OC(C)(C)C.C[C@H](c1ccc(O)cc1)[C@@](N)(C(=O)O)C(=O)OC(C)(C)C. The van der Waals surface area contributed by atoms with E-state index in [0.29, 0.717) is 11.1 Å². The second-order valence-electron chi connectivity index (χ2n) is 12.0. The van der Waals surface area contributed by atoms with Gasteiger partial charge in [-0.2, -0.15) is 0 Å². The first-order valence-electron chi connectivity index (χ1n) is 13.1. The maximum atomic E-state index is 12.2. The van der Waals surface area contributed by atoms with Gasteiger partial charge in [0, 0.05) is 11.8 Å². The minimum atomic E-state index is -2.20. The predicted octanol–water partition coefficient (Wildman–Crippen LogP) is 3.24. The molecule has 0 aliphatic rings. The number of esters is 2. The first-order chi connectivity index (χ1) is 19.0. The molecule has 0 heterocycles. The van der Waals surface area contributed by atoms with Gasteiger partial charge in [0.2, 0.25) is 11.1 Å². The van der Waals surface area contributed by atoms with Gasteiger partial charge < -0.3 is 41.4 Å². The fourth-order valence-electron chi connectivity index (χ4n) is 3.68. The Labute approximate surface area is 245 Å². The summed E-state index contributed by atoms with van der Waals surface area (Å²) in [6, 6.07) is 11.7. The number of phenolic OH excluding ortho intramolecular Hbond substituents is 2. The molecule has 12 nitrogen and oxygen atoms in total. The summed E-state index contributed by atoms with van der Waals surface area (Å²) in [6.07, 6.45) is 0. The third-order valence-electron chi connectivity index (χ3n) is 6.33. The molecule has 42 heavy (non-hydrogen) atoms. The maximum absolute atomic E-state index is 12.2. The highest BCUT2D eigenvalue weighted by Crippen LogP contribution is 2.31. The number of carboxylic acid groups (broad SMARTS) is 2. The number of phenols is 2. The van der Waals surface area contributed by atoms with E-state index in [-0.39, 0.29) is 11.5 Å². The standard InChI is InChI=1S/2C15H21NO5/c2*1-9(10-5-7-11(17)8-6-10)15(16,12(18)19)13(20)21-14(2,3)4/h2*5-9,17H,16H2,1-4H3,(H,18,19)/t2*9-,15-/m10/s1. The summed E-state index contributed by atoms with van der Waals surface area (Å²) in [5.41, 5.74) is 6.68. The van der Waals surface area contributed by atoms with Gasteiger partial charge in [0.25, 0.3) is 0 Å². The highest BCUT2D eigenvalue weighted by molar-refractivity contribution is 6.05. The highest BCUT2D eigenvalue weighted by atomic mass is 16.6. The Morgan fingerprint density at radius 3 is 1.02 bits per heavy atom. The van der Waals surface area contributed by atoms with Crippen LogP contribution in [0.3, 0.4) is 0 Å². The van der Waals surface area contributed by atoms with Crippen molar-refractivity contribution in [2.75, 3.05) is 0 Å². The molecule has 0 aromatic heterocycles. The summed E-state index contributed by atoms with van der Waals surface area (Å²) in [4.78, 5) is 47.6. The van der Waals surface area contributed by atoms with Gasteiger partial charge in [0.05, 0.1) is 0 Å². The van der Waals surface area contributed by atoms with Gasteiger partial charge in [-0.15, -0.1) is 0 Å². The van der Waals surface area contributed by atoms with E-state index in [0.717, 1.165) is 0 Å². The Hall–Kier alpha value is -4.16. The summed E-state index contributed by atoms with van der Waals surface area (Å²) in [5, 5.41) is 37.4. The smallest absolute Gasteiger partial charge is 0.339 e. The van der Waals surface area contributed by atoms with E-state index in [2.05, 4.69) is 0 Å². The number of hydrogen-bond donors (Lipinski definition) is 6. The quantitative estimate of drug-likeness (QED) is 0.193. The van der Waals surface area contributed by atoms with Crippen molar-refractivity contribution >= 4 is 23.9 Å². The van der Waals surface area contributed by atoms with Crippen molar-refractivity contribution in [1.29, 1.82) is 0 Å². The van der Waals surface area contributed by atoms with Crippen LogP contribution in [-0.4, -0.2) is 66.6 Å². The van der Waals surface area contributed by atoms with Crippen molar-refractivity contribution in [3.63, 3.8) is 0 Å². The van der Waals surface area contributed by atoms with Crippen molar-refractivity contribution < 1.29 is 49.1 Å². The zero-order valence-corrected chi connectivity index (χ0v) is 25.2. The second kappa shape index (κ2) is 13.2. The third-order valence-corrected chi connectivity index (χ3v) is 6.33. The van der Waals surface area contributed by atoms with Crippen LogP contribution in [0, 0.1) is 0 Å². The minimum absolute atomic E-state index is 0.0427. The lowest BCUT2D eigenvalue weighted by atomic mass is 9.81. The van der Waals surface area contributed by atoms with Crippen molar-refractivity contribution in [3.05, 3.63) is 59.7 Å². The van der Waals surface area contributed by atoms with Gasteiger partial charge in [-0.3, -0.25) is 0 Å². The molecule has 232 valence electrons. The molecular weight excluding hydrogens is 548 g/mol. The third kappa shape index (κ3) is 8.92. The first-order valence-corrected chi connectivity index (χ1v) is 13.1. The van der Waals surface area contributed by atoms with E-state index in [1.807, 2.05) is 0 Å². The average Bonchev–Trinajstić information content (AvgIpc) is 2.85. The average molecular weight is 591 g/mol. The lowest BCUT2D eigenvalue weighted by Gasteiger charge is -2.32. The second-order valence-corrected chi connectivity index (χ2v) is 12.0. The topological polar surface area (TPSA) is 220 Å². The zero-order valence-electron chi connectivity index (χ0n) is 25.2. The van der Waals surface area contributed by atoms with Crippen LogP contribution in [0.1, 0.15) is 78.4 Å². The molecular formula is C30H42N2O10. The van der Waals surface area contributed by atoms with Gasteiger partial charge in [0.1, 0.15) is 22.7 Å². The molecule has 0 amide bonds. The van der Waals surface area contributed by atoms with Gasteiger partial charge in [-0.05, 0) is 76.9 Å². The number of nitrogens with two attached hydrogens (primary N) is 2. The van der Waals surface area contributed by atoms with E-state index in [1.54, 1.807) is 41.5 Å². The van der Waals surface area contributed by atoms with Crippen molar-refractivity contribution in [3.8, 4) is 11.5 Å². The molecule has 0 bridgehead atoms. The van der Waals surface area contributed by atoms with Crippen LogP contribution < -0.4 is 11.5 Å². The number of carboxylic acids is 2. The lowest BCUT2D eigenvalue weighted by molar-refractivity contribution is -0.172. The van der Waals surface area contributed by atoms with Crippen molar-refractivity contribution in [2.24, 2.45) is 11.5 Å². The van der Waals surface area contributed by atoms with Crippen molar-refractivity contribution in [2.45, 2.75) is 89.5 Å². The number of carbonyl (C=O) groups excluding carboxylic acids is 2. The van der Waals surface area contributed by atoms with Crippen molar-refractivity contribution in [1.82, 2.24) is 0 Å². The molecule has 0 spiro atoms. The molecule has 0 saturated carbocycles. The molecule has 0 unspecified atom stereocenters. The van der Waals surface area contributed by atoms with E-state index in [9.17, 15) is 39.6 Å². The molecule has 12 heteroatoms. The molecule has 0 saturated heterocycles. The van der Waals surface area contributed by atoms with E-state index < -0.39 is 58.0 Å². The van der Waals surface area contributed by atoms with E-state index in [1.165, 1.54) is 62.4 Å². The molecule has 4 atom stereocenters. The summed E-state index contributed by atoms with van der Waals surface area (Å²) < 4.78 is 10.3. The number of ether oxygens (including phenoxy) is 2. The number of rotatable bonds is 8. The van der Waals surface area contributed by atoms with Crippen LogP contribution in [0.2, 0.25) is 0 Å². The number of benzene rings is 2. The summed E-state index contributed by atoms with van der Waals surface area (Å²) in [7, 11) is 0. The molecule has 2 rings (SSSR count). The van der Waals surface area contributed by atoms with Crippen LogP contribution in [-0.2, 0) is 28.7 Å². The Balaban J connectivity index is 0.000000420. The summed E-state index contributed by atoms with van der Waals surface area (Å²) >= 11 is 0. The number of aliphatic carboxylic acids is 2. The van der Waals surface area contributed by atoms with Gasteiger partial charge in [0.15, 0.2) is 0 Å². The van der Waals surface area contributed by atoms with Crippen LogP contribution in [0.25, 0.3) is 0 Å². The van der Waals surface area contributed by atoms with Gasteiger partial charge >= 0.3 is 23.9 Å². The first kappa shape index (κ1) is 35.9. The zero-order chi connectivity index (χ0) is 32.8. The maximum Gasteiger partial charge on any atom is 0.339 e. The monoisotopic (exact) mass is 590 g/mol. The van der Waals surface area contributed by atoms with Crippen LogP contribution >= 0.6 is 0 Å². The Morgan fingerprint density at radius 2 is 0.833 bits per heavy atom. The summed E-state index contributed by atoms with van der Waals surface area (Å²) in [6.45, 7) is 12.9. The van der Waals surface area contributed by atoms with Crippen LogP contribution in [0.5, 0.6) is 11.5 Å².